The Morgan fingerprint density at radius 3 is 2.74 bits per heavy atom. The summed E-state index contributed by atoms with van der Waals surface area (Å²) >= 11 is 0. The summed E-state index contributed by atoms with van der Waals surface area (Å²) in [6, 6.07) is 0. The highest BCUT2D eigenvalue weighted by molar-refractivity contribution is 5.98. The summed E-state index contributed by atoms with van der Waals surface area (Å²) < 4.78 is 5.41. The molecule has 0 amide bonds. The van der Waals surface area contributed by atoms with Crippen molar-refractivity contribution in [3.63, 3.8) is 0 Å². The van der Waals surface area contributed by atoms with E-state index in [1.165, 1.54) is 0 Å². The predicted octanol–water partition coefficient (Wildman–Crippen LogP) is 1.33. The summed E-state index contributed by atoms with van der Waals surface area (Å²) in [5.41, 5.74) is -0.804. The van der Waals surface area contributed by atoms with Crippen molar-refractivity contribution in [2.45, 2.75) is 39.4 Å². The van der Waals surface area contributed by atoms with Gasteiger partial charge < -0.3 is 9.84 Å². The van der Waals surface area contributed by atoms with Crippen LogP contribution >= 0.6 is 0 Å². The van der Waals surface area contributed by atoms with Gasteiger partial charge in [-0.05, 0) is 31.3 Å². The smallest absolute Gasteiger partial charge is 0.309 e. The first-order chi connectivity index (χ1) is 8.87. The number of aliphatic hydroxyl groups is 1. The fraction of sp³-hybridized carbons (Fsp3) is 0.733. The molecular weight excluding hydrogens is 244 g/mol. The zero-order valence-corrected chi connectivity index (χ0v) is 11.5. The van der Waals surface area contributed by atoms with Crippen molar-refractivity contribution >= 4 is 11.8 Å². The Bertz CT molecular complexity index is 469. The van der Waals surface area contributed by atoms with Crippen LogP contribution in [0.25, 0.3) is 0 Å². The number of ketones is 1. The van der Waals surface area contributed by atoms with Crippen LogP contribution in [-0.4, -0.2) is 29.1 Å². The Morgan fingerprint density at radius 1 is 1.37 bits per heavy atom. The molecule has 1 N–H and O–H groups in total. The zero-order valence-electron chi connectivity index (χ0n) is 11.5. The SMILES string of the molecule is C[C@@H]1C[C@@H]2OC(=O)[C@H](C)C2[C@@H](O)[C@]2(C)C(=O)C=C[C@H]12. The molecule has 0 aromatic heterocycles. The summed E-state index contributed by atoms with van der Waals surface area (Å²) in [7, 11) is 0. The van der Waals surface area contributed by atoms with Crippen LogP contribution in [0.15, 0.2) is 12.2 Å². The van der Waals surface area contributed by atoms with Gasteiger partial charge in [-0.1, -0.05) is 19.9 Å². The van der Waals surface area contributed by atoms with E-state index in [9.17, 15) is 14.7 Å². The lowest BCUT2D eigenvalue weighted by Gasteiger charge is -2.37. The molecule has 0 bridgehead atoms. The van der Waals surface area contributed by atoms with Gasteiger partial charge in [-0.3, -0.25) is 9.59 Å². The van der Waals surface area contributed by atoms with Gasteiger partial charge in [-0.15, -0.1) is 0 Å². The molecule has 1 saturated heterocycles. The van der Waals surface area contributed by atoms with Gasteiger partial charge in [0, 0.05) is 5.92 Å². The maximum absolute atomic E-state index is 12.2. The lowest BCUT2D eigenvalue weighted by Crippen LogP contribution is -2.47. The highest BCUT2D eigenvalue weighted by Crippen LogP contribution is 2.53. The molecule has 0 aromatic rings. The van der Waals surface area contributed by atoms with Crippen molar-refractivity contribution in [1.82, 2.24) is 0 Å². The molecule has 1 aliphatic heterocycles. The van der Waals surface area contributed by atoms with E-state index < -0.39 is 11.5 Å². The van der Waals surface area contributed by atoms with Gasteiger partial charge in [0.05, 0.1) is 17.4 Å². The van der Waals surface area contributed by atoms with Crippen molar-refractivity contribution in [3.05, 3.63) is 12.2 Å². The van der Waals surface area contributed by atoms with Crippen molar-refractivity contribution in [3.8, 4) is 0 Å². The Kier molecular flexibility index (Phi) is 2.65. The van der Waals surface area contributed by atoms with Crippen LogP contribution < -0.4 is 0 Å². The lowest BCUT2D eigenvalue weighted by atomic mass is 9.67. The molecule has 3 rings (SSSR count). The lowest BCUT2D eigenvalue weighted by molar-refractivity contribution is -0.144. The number of hydrogen-bond donors (Lipinski definition) is 1. The van der Waals surface area contributed by atoms with Crippen LogP contribution in [0.5, 0.6) is 0 Å². The molecule has 3 aliphatic rings. The topological polar surface area (TPSA) is 63.6 Å². The minimum absolute atomic E-state index is 0.0240. The number of fused-ring (bicyclic) bond motifs is 2. The maximum atomic E-state index is 12.2. The van der Waals surface area contributed by atoms with E-state index in [2.05, 4.69) is 6.92 Å². The molecule has 0 aromatic carbocycles. The second kappa shape index (κ2) is 3.92. The van der Waals surface area contributed by atoms with Crippen LogP contribution in [0.2, 0.25) is 0 Å². The summed E-state index contributed by atoms with van der Waals surface area (Å²) in [4.78, 5) is 24.0. The van der Waals surface area contributed by atoms with Gasteiger partial charge in [-0.2, -0.15) is 0 Å². The zero-order chi connectivity index (χ0) is 13.9. The van der Waals surface area contributed by atoms with Crippen molar-refractivity contribution in [2.75, 3.05) is 0 Å². The number of rotatable bonds is 0. The number of carbonyl (C=O) groups excluding carboxylic acids is 2. The molecule has 4 heteroatoms. The third-order valence-corrected chi connectivity index (χ3v) is 5.52. The Labute approximate surface area is 112 Å². The van der Waals surface area contributed by atoms with E-state index in [0.717, 1.165) is 6.42 Å². The fourth-order valence-electron chi connectivity index (χ4n) is 4.27. The van der Waals surface area contributed by atoms with Crippen LogP contribution in [-0.2, 0) is 14.3 Å². The van der Waals surface area contributed by atoms with E-state index in [1.54, 1.807) is 13.0 Å². The molecule has 1 heterocycles. The third kappa shape index (κ3) is 1.49. The summed E-state index contributed by atoms with van der Waals surface area (Å²) in [5.74, 6) is -0.627. The number of allylic oxidation sites excluding steroid dienone is 2. The molecular formula is C15H20O4. The summed E-state index contributed by atoms with van der Waals surface area (Å²) in [6.45, 7) is 5.69. The van der Waals surface area contributed by atoms with Gasteiger partial charge in [0.25, 0.3) is 0 Å². The average molecular weight is 264 g/mol. The second-order valence-electron chi connectivity index (χ2n) is 6.53. The first-order valence-corrected chi connectivity index (χ1v) is 6.98. The van der Waals surface area contributed by atoms with Crippen LogP contribution in [0.4, 0.5) is 0 Å². The van der Waals surface area contributed by atoms with Gasteiger partial charge in [0.2, 0.25) is 0 Å². The molecule has 2 aliphatic carbocycles. The summed E-state index contributed by atoms with van der Waals surface area (Å²) in [5, 5.41) is 10.8. The summed E-state index contributed by atoms with van der Waals surface area (Å²) in [6.07, 6.45) is 3.15. The van der Waals surface area contributed by atoms with Crippen LogP contribution in [0, 0.1) is 29.1 Å². The minimum Gasteiger partial charge on any atom is -0.462 e. The quantitative estimate of drug-likeness (QED) is 0.670. The van der Waals surface area contributed by atoms with Crippen molar-refractivity contribution < 1.29 is 19.4 Å². The van der Waals surface area contributed by atoms with E-state index >= 15 is 0 Å². The molecule has 104 valence electrons. The van der Waals surface area contributed by atoms with Gasteiger partial charge in [-0.25, -0.2) is 0 Å². The molecule has 0 spiro atoms. The molecule has 4 nitrogen and oxygen atoms in total. The van der Waals surface area contributed by atoms with Crippen LogP contribution in [0.3, 0.4) is 0 Å². The fourth-order valence-corrected chi connectivity index (χ4v) is 4.27. The minimum atomic E-state index is -0.823. The van der Waals surface area contributed by atoms with Gasteiger partial charge >= 0.3 is 5.97 Å². The predicted molar refractivity (Wildman–Crippen MR) is 68.1 cm³/mol. The second-order valence-corrected chi connectivity index (χ2v) is 6.53. The molecule has 19 heavy (non-hydrogen) atoms. The Morgan fingerprint density at radius 2 is 2.05 bits per heavy atom. The average Bonchev–Trinajstić information content (AvgIpc) is 2.77. The number of ether oxygens (including phenoxy) is 1. The number of carbonyl (C=O) groups is 2. The highest BCUT2D eigenvalue weighted by Gasteiger charge is 2.60. The van der Waals surface area contributed by atoms with Gasteiger partial charge in [0.1, 0.15) is 6.10 Å². The first kappa shape index (κ1) is 12.9. The van der Waals surface area contributed by atoms with E-state index in [-0.39, 0.29) is 41.5 Å². The van der Waals surface area contributed by atoms with Crippen molar-refractivity contribution in [1.29, 1.82) is 0 Å². The van der Waals surface area contributed by atoms with Crippen molar-refractivity contribution in [2.24, 2.45) is 29.1 Å². The van der Waals surface area contributed by atoms with E-state index in [4.69, 9.17) is 4.74 Å². The molecule has 2 fully saturated rings. The van der Waals surface area contributed by atoms with E-state index in [1.807, 2.05) is 13.0 Å². The molecule has 1 unspecified atom stereocenters. The molecule has 7 atom stereocenters. The maximum Gasteiger partial charge on any atom is 0.309 e. The standard InChI is InChI=1S/C15H20O4/c1-7-6-10-12(8(2)14(18)19-10)13(17)15(3)9(7)4-5-11(15)16/h4-5,7-10,12-13,17H,6H2,1-3H3/t7-,8-,9-,10+,12?,13-,15+/m1/s1. The normalized spacial score (nSPS) is 52.6. The Hall–Kier alpha value is -1.16. The number of esters is 1. The Balaban J connectivity index is 2.06. The number of hydrogen-bond acceptors (Lipinski definition) is 4. The highest BCUT2D eigenvalue weighted by atomic mass is 16.6. The third-order valence-electron chi connectivity index (χ3n) is 5.52. The monoisotopic (exact) mass is 264 g/mol. The van der Waals surface area contributed by atoms with Gasteiger partial charge in [0.15, 0.2) is 5.78 Å². The van der Waals surface area contributed by atoms with Crippen LogP contribution in [0.1, 0.15) is 27.2 Å². The number of aliphatic hydroxyl groups excluding tert-OH is 1. The molecule has 0 radical (unpaired) electrons. The largest absolute Gasteiger partial charge is 0.462 e. The molecule has 1 saturated carbocycles. The van der Waals surface area contributed by atoms with E-state index in [0.29, 0.717) is 0 Å². The first-order valence-electron chi connectivity index (χ1n) is 6.98.